The molecule has 1 aliphatic heterocycles. The molecule has 1 aromatic carbocycles. The van der Waals surface area contributed by atoms with E-state index < -0.39 is 5.41 Å². The summed E-state index contributed by atoms with van der Waals surface area (Å²) in [5.41, 5.74) is 2.75. The smallest absolute Gasteiger partial charge is 0.233 e. The SMILES string of the molecule is Cc1ccc(CNC(=O)C2(CO)COC2)c(C)c1. The van der Waals surface area contributed by atoms with Crippen LogP contribution in [0.25, 0.3) is 0 Å². The second-order valence-electron chi connectivity index (χ2n) is 5.04. The minimum atomic E-state index is -0.724. The summed E-state index contributed by atoms with van der Waals surface area (Å²) in [6.07, 6.45) is 0. The average molecular weight is 249 g/mol. The lowest BCUT2D eigenvalue weighted by Crippen LogP contribution is -2.56. The van der Waals surface area contributed by atoms with Gasteiger partial charge in [-0.3, -0.25) is 4.79 Å². The number of benzene rings is 1. The maximum Gasteiger partial charge on any atom is 0.233 e. The van der Waals surface area contributed by atoms with Crippen LogP contribution in [0.1, 0.15) is 16.7 Å². The van der Waals surface area contributed by atoms with E-state index >= 15 is 0 Å². The number of carbonyl (C=O) groups excluding carboxylic acids is 1. The zero-order chi connectivity index (χ0) is 13.2. The number of aliphatic hydroxyl groups is 1. The first-order valence-electron chi connectivity index (χ1n) is 6.10. The molecule has 0 aromatic heterocycles. The van der Waals surface area contributed by atoms with Gasteiger partial charge in [0.1, 0.15) is 5.41 Å². The Balaban J connectivity index is 1.97. The molecule has 1 saturated heterocycles. The molecule has 0 spiro atoms. The first kappa shape index (κ1) is 13.1. The number of amides is 1. The van der Waals surface area contributed by atoms with Crippen molar-refractivity contribution in [1.29, 1.82) is 0 Å². The molecule has 4 nitrogen and oxygen atoms in total. The Morgan fingerprint density at radius 2 is 2.17 bits per heavy atom. The molecule has 0 saturated carbocycles. The van der Waals surface area contributed by atoms with E-state index in [1.54, 1.807) is 0 Å². The van der Waals surface area contributed by atoms with Crippen LogP contribution in [0.4, 0.5) is 0 Å². The Bertz CT molecular complexity index is 447. The third-order valence-electron chi connectivity index (χ3n) is 3.48. The molecule has 1 fully saturated rings. The van der Waals surface area contributed by atoms with Crippen molar-refractivity contribution >= 4 is 5.91 Å². The van der Waals surface area contributed by atoms with Crippen molar-refractivity contribution in [2.45, 2.75) is 20.4 Å². The van der Waals surface area contributed by atoms with Crippen molar-refractivity contribution in [2.75, 3.05) is 19.8 Å². The fourth-order valence-electron chi connectivity index (χ4n) is 2.05. The molecule has 18 heavy (non-hydrogen) atoms. The van der Waals surface area contributed by atoms with E-state index in [9.17, 15) is 9.90 Å². The lowest BCUT2D eigenvalue weighted by molar-refractivity contribution is -0.170. The number of ether oxygens (including phenoxy) is 1. The Morgan fingerprint density at radius 3 is 2.67 bits per heavy atom. The van der Waals surface area contributed by atoms with Crippen LogP contribution in [-0.4, -0.2) is 30.8 Å². The zero-order valence-electron chi connectivity index (χ0n) is 10.8. The Hall–Kier alpha value is -1.39. The number of nitrogens with one attached hydrogen (secondary N) is 1. The summed E-state index contributed by atoms with van der Waals surface area (Å²) in [5.74, 6) is -0.128. The molecular weight excluding hydrogens is 230 g/mol. The van der Waals surface area contributed by atoms with Gasteiger partial charge in [-0.1, -0.05) is 23.8 Å². The summed E-state index contributed by atoms with van der Waals surface area (Å²) in [6, 6.07) is 6.15. The summed E-state index contributed by atoms with van der Waals surface area (Å²) in [6.45, 7) is 5.02. The molecule has 0 atom stereocenters. The van der Waals surface area contributed by atoms with Gasteiger partial charge in [0.25, 0.3) is 0 Å². The summed E-state index contributed by atoms with van der Waals surface area (Å²) in [4.78, 5) is 12.0. The fraction of sp³-hybridized carbons (Fsp3) is 0.500. The van der Waals surface area contributed by atoms with E-state index in [1.165, 1.54) is 11.1 Å². The van der Waals surface area contributed by atoms with Crippen LogP contribution >= 0.6 is 0 Å². The summed E-state index contributed by atoms with van der Waals surface area (Å²) < 4.78 is 5.02. The molecule has 0 aliphatic carbocycles. The van der Waals surface area contributed by atoms with Crippen molar-refractivity contribution in [1.82, 2.24) is 5.32 Å². The predicted molar refractivity (Wildman–Crippen MR) is 68.1 cm³/mol. The van der Waals surface area contributed by atoms with Crippen molar-refractivity contribution in [2.24, 2.45) is 5.41 Å². The highest BCUT2D eigenvalue weighted by molar-refractivity contribution is 5.83. The Morgan fingerprint density at radius 1 is 1.44 bits per heavy atom. The van der Waals surface area contributed by atoms with Crippen molar-refractivity contribution in [3.8, 4) is 0 Å². The minimum absolute atomic E-state index is 0.128. The topological polar surface area (TPSA) is 58.6 Å². The maximum atomic E-state index is 12.0. The number of hydrogen-bond acceptors (Lipinski definition) is 3. The van der Waals surface area contributed by atoms with Crippen LogP contribution in [0.5, 0.6) is 0 Å². The van der Waals surface area contributed by atoms with Gasteiger partial charge in [-0.2, -0.15) is 0 Å². The lowest BCUT2D eigenvalue weighted by atomic mass is 9.86. The van der Waals surface area contributed by atoms with E-state index in [-0.39, 0.29) is 12.5 Å². The minimum Gasteiger partial charge on any atom is -0.395 e. The highest BCUT2D eigenvalue weighted by atomic mass is 16.5. The fourth-order valence-corrected chi connectivity index (χ4v) is 2.05. The van der Waals surface area contributed by atoms with Gasteiger partial charge in [0.15, 0.2) is 0 Å². The van der Waals surface area contributed by atoms with Gasteiger partial charge in [-0.05, 0) is 25.0 Å². The summed E-state index contributed by atoms with van der Waals surface area (Å²) in [5, 5.41) is 12.1. The third kappa shape index (κ3) is 2.40. The third-order valence-corrected chi connectivity index (χ3v) is 3.48. The largest absolute Gasteiger partial charge is 0.395 e. The molecule has 0 bridgehead atoms. The summed E-state index contributed by atoms with van der Waals surface area (Å²) in [7, 11) is 0. The molecule has 0 radical (unpaired) electrons. The molecule has 1 aromatic rings. The molecule has 1 heterocycles. The molecule has 0 unspecified atom stereocenters. The Kier molecular flexibility index (Phi) is 3.68. The molecule has 1 amide bonds. The summed E-state index contributed by atoms with van der Waals surface area (Å²) >= 11 is 0. The molecule has 98 valence electrons. The Labute approximate surface area is 107 Å². The van der Waals surface area contributed by atoms with Crippen LogP contribution in [0.15, 0.2) is 18.2 Å². The molecule has 1 aliphatic rings. The standard InChI is InChI=1S/C14H19NO3/c1-10-3-4-12(11(2)5-10)6-15-13(17)14(7-16)8-18-9-14/h3-5,16H,6-9H2,1-2H3,(H,15,17). The van der Waals surface area contributed by atoms with Crippen LogP contribution < -0.4 is 5.32 Å². The number of aliphatic hydroxyl groups excluding tert-OH is 1. The number of rotatable bonds is 4. The monoisotopic (exact) mass is 249 g/mol. The number of carbonyl (C=O) groups is 1. The quantitative estimate of drug-likeness (QED) is 0.834. The van der Waals surface area contributed by atoms with Crippen LogP contribution in [0.2, 0.25) is 0 Å². The van der Waals surface area contributed by atoms with Crippen LogP contribution in [-0.2, 0) is 16.1 Å². The molecule has 4 heteroatoms. The zero-order valence-corrected chi connectivity index (χ0v) is 10.8. The highest BCUT2D eigenvalue weighted by Crippen LogP contribution is 2.27. The van der Waals surface area contributed by atoms with Gasteiger partial charge >= 0.3 is 0 Å². The number of hydrogen-bond donors (Lipinski definition) is 2. The second kappa shape index (κ2) is 5.08. The van der Waals surface area contributed by atoms with Gasteiger partial charge < -0.3 is 15.2 Å². The molecule has 2 N–H and O–H groups in total. The van der Waals surface area contributed by atoms with E-state index in [2.05, 4.69) is 11.4 Å². The highest BCUT2D eigenvalue weighted by Gasteiger charge is 2.45. The molecular formula is C14H19NO3. The number of aryl methyl sites for hydroxylation is 2. The normalized spacial score (nSPS) is 17.1. The van der Waals surface area contributed by atoms with Crippen LogP contribution in [0.3, 0.4) is 0 Å². The molecule has 2 rings (SSSR count). The maximum absolute atomic E-state index is 12.0. The van der Waals surface area contributed by atoms with Crippen molar-refractivity contribution in [3.63, 3.8) is 0 Å². The van der Waals surface area contributed by atoms with E-state index in [4.69, 9.17) is 4.74 Å². The van der Waals surface area contributed by atoms with Crippen molar-refractivity contribution < 1.29 is 14.6 Å². The first-order valence-corrected chi connectivity index (χ1v) is 6.10. The van der Waals surface area contributed by atoms with Crippen LogP contribution in [0, 0.1) is 19.3 Å². The van der Waals surface area contributed by atoms with Gasteiger partial charge in [-0.25, -0.2) is 0 Å². The van der Waals surface area contributed by atoms with Gasteiger partial charge in [0.05, 0.1) is 19.8 Å². The van der Waals surface area contributed by atoms with Crippen molar-refractivity contribution in [3.05, 3.63) is 34.9 Å². The van der Waals surface area contributed by atoms with Gasteiger partial charge in [-0.15, -0.1) is 0 Å². The van der Waals surface area contributed by atoms with Gasteiger partial charge in [0.2, 0.25) is 5.91 Å². The first-order chi connectivity index (χ1) is 8.57. The van der Waals surface area contributed by atoms with Gasteiger partial charge in [0, 0.05) is 6.54 Å². The second-order valence-corrected chi connectivity index (χ2v) is 5.04. The predicted octanol–water partition coefficient (Wildman–Crippen LogP) is 0.929. The van der Waals surface area contributed by atoms with E-state index in [0.29, 0.717) is 19.8 Å². The van der Waals surface area contributed by atoms with E-state index in [0.717, 1.165) is 5.56 Å². The lowest BCUT2D eigenvalue weighted by Gasteiger charge is -2.38. The average Bonchev–Trinajstić information content (AvgIpc) is 2.27. The van der Waals surface area contributed by atoms with E-state index in [1.807, 2.05) is 26.0 Å².